The average molecular weight is 275 g/mol. The zero-order valence-corrected chi connectivity index (χ0v) is 10.8. The quantitative estimate of drug-likeness (QED) is 0.787. The molecule has 0 aliphatic heterocycles. The molecular formula is C11H12Cl2N2O2. The van der Waals surface area contributed by atoms with Gasteiger partial charge in [0.25, 0.3) is 0 Å². The first-order chi connectivity index (χ1) is 8.24. The van der Waals surface area contributed by atoms with Gasteiger partial charge in [-0.15, -0.1) is 0 Å². The van der Waals surface area contributed by atoms with Gasteiger partial charge in [-0.3, -0.25) is 4.57 Å². The number of fused-ring (bicyclic) bond motifs is 1. The molecule has 2 rings (SSSR count). The van der Waals surface area contributed by atoms with Crippen LogP contribution in [0.25, 0.3) is 11.0 Å². The number of aromatic nitrogens is 2. The van der Waals surface area contributed by atoms with Crippen LogP contribution < -0.4 is 0 Å². The Morgan fingerprint density at radius 3 is 2.88 bits per heavy atom. The van der Waals surface area contributed by atoms with Gasteiger partial charge in [0.15, 0.2) is 0 Å². The number of nitrogens with zero attached hydrogens (tertiary/aromatic N) is 2. The van der Waals surface area contributed by atoms with Crippen LogP contribution in [0.5, 0.6) is 0 Å². The fraction of sp³-hybridized carbons (Fsp3) is 0.364. The van der Waals surface area contributed by atoms with Gasteiger partial charge in [0.2, 0.25) is 5.28 Å². The second kappa shape index (κ2) is 5.69. The van der Waals surface area contributed by atoms with Crippen molar-refractivity contribution in [1.82, 2.24) is 9.55 Å². The summed E-state index contributed by atoms with van der Waals surface area (Å²) in [5, 5.41) is 0.950. The van der Waals surface area contributed by atoms with Gasteiger partial charge >= 0.3 is 0 Å². The fourth-order valence-corrected chi connectivity index (χ4v) is 1.94. The lowest BCUT2D eigenvalue weighted by atomic mass is 10.3. The van der Waals surface area contributed by atoms with Crippen molar-refractivity contribution >= 4 is 34.2 Å². The molecule has 0 unspecified atom stereocenters. The average Bonchev–Trinajstić information content (AvgIpc) is 2.63. The lowest BCUT2D eigenvalue weighted by Crippen LogP contribution is -2.07. The SMILES string of the molecule is COCCOCn1c(Cl)nc2c(Cl)cccc21. The van der Waals surface area contributed by atoms with Gasteiger partial charge in [0, 0.05) is 7.11 Å². The molecule has 0 radical (unpaired) electrons. The highest BCUT2D eigenvalue weighted by Gasteiger charge is 2.10. The minimum atomic E-state index is 0.332. The van der Waals surface area contributed by atoms with Crippen LogP contribution in [0, 0.1) is 0 Å². The lowest BCUT2D eigenvalue weighted by molar-refractivity contribution is 0.0359. The van der Waals surface area contributed by atoms with Crippen molar-refractivity contribution in [3.63, 3.8) is 0 Å². The maximum absolute atomic E-state index is 6.03. The maximum atomic E-state index is 6.03. The molecule has 4 nitrogen and oxygen atoms in total. The number of benzene rings is 1. The molecular weight excluding hydrogens is 263 g/mol. The summed E-state index contributed by atoms with van der Waals surface area (Å²) in [7, 11) is 1.63. The Hall–Kier alpha value is -0.810. The van der Waals surface area contributed by atoms with E-state index >= 15 is 0 Å². The molecule has 0 amide bonds. The summed E-state index contributed by atoms with van der Waals surface area (Å²) in [4.78, 5) is 4.20. The van der Waals surface area contributed by atoms with Crippen LogP contribution in [0.3, 0.4) is 0 Å². The predicted molar refractivity (Wildman–Crippen MR) is 67.6 cm³/mol. The number of halogens is 2. The van der Waals surface area contributed by atoms with Gasteiger partial charge in [-0.1, -0.05) is 17.7 Å². The normalized spacial score (nSPS) is 11.2. The van der Waals surface area contributed by atoms with E-state index in [-0.39, 0.29) is 0 Å². The van der Waals surface area contributed by atoms with Gasteiger partial charge in [-0.2, -0.15) is 0 Å². The Morgan fingerprint density at radius 1 is 1.29 bits per heavy atom. The van der Waals surface area contributed by atoms with E-state index < -0.39 is 0 Å². The van der Waals surface area contributed by atoms with Gasteiger partial charge in [0.05, 0.1) is 23.8 Å². The molecule has 0 saturated heterocycles. The number of hydrogen-bond donors (Lipinski definition) is 0. The van der Waals surface area contributed by atoms with Crippen molar-refractivity contribution in [3.05, 3.63) is 28.5 Å². The third-order valence-electron chi connectivity index (χ3n) is 2.34. The van der Waals surface area contributed by atoms with Crippen molar-refractivity contribution in [2.45, 2.75) is 6.73 Å². The molecule has 0 saturated carbocycles. The molecule has 0 N–H and O–H groups in total. The van der Waals surface area contributed by atoms with E-state index in [0.717, 1.165) is 5.52 Å². The molecule has 1 aromatic carbocycles. The largest absolute Gasteiger partial charge is 0.382 e. The third kappa shape index (κ3) is 2.72. The summed E-state index contributed by atoms with van der Waals surface area (Å²) in [6.07, 6.45) is 0. The number of hydrogen-bond acceptors (Lipinski definition) is 3. The molecule has 0 spiro atoms. The molecule has 1 heterocycles. The highest BCUT2D eigenvalue weighted by molar-refractivity contribution is 6.35. The van der Waals surface area contributed by atoms with Crippen LogP contribution in [-0.4, -0.2) is 29.9 Å². The molecule has 0 bridgehead atoms. The van der Waals surface area contributed by atoms with E-state index in [1.807, 2.05) is 12.1 Å². The first-order valence-electron chi connectivity index (χ1n) is 5.11. The molecule has 1 aromatic heterocycles. The van der Waals surface area contributed by atoms with Gasteiger partial charge < -0.3 is 9.47 Å². The summed E-state index contributed by atoms with van der Waals surface area (Å²) in [5.74, 6) is 0. The van der Waals surface area contributed by atoms with Crippen LogP contribution in [0.2, 0.25) is 10.3 Å². The zero-order chi connectivity index (χ0) is 12.3. The van der Waals surface area contributed by atoms with Crippen molar-refractivity contribution in [2.75, 3.05) is 20.3 Å². The smallest absolute Gasteiger partial charge is 0.205 e. The van der Waals surface area contributed by atoms with Crippen molar-refractivity contribution in [1.29, 1.82) is 0 Å². The monoisotopic (exact) mass is 274 g/mol. The summed E-state index contributed by atoms with van der Waals surface area (Å²) in [6, 6.07) is 5.54. The Balaban J connectivity index is 2.21. The molecule has 0 aliphatic carbocycles. The molecule has 0 atom stereocenters. The maximum Gasteiger partial charge on any atom is 0.205 e. The summed E-state index contributed by atoms with van der Waals surface area (Å²) < 4.78 is 12.1. The summed E-state index contributed by atoms with van der Waals surface area (Å²) in [5.41, 5.74) is 1.55. The molecule has 17 heavy (non-hydrogen) atoms. The second-order valence-corrected chi connectivity index (χ2v) is 4.19. The second-order valence-electron chi connectivity index (χ2n) is 3.45. The van der Waals surface area contributed by atoms with Gasteiger partial charge in [-0.25, -0.2) is 4.98 Å². The number of methoxy groups -OCH3 is 1. The predicted octanol–water partition coefficient (Wildman–Crippen LogP) is 2.96. The Labute approximate surface area is 109 Å². The number of imidazole rings is 1. The number of ether oxygens (including phenoxy) is 2. The van der Waals surface area contributed by atoms with E-state index in [1.54, 1.807) is 17.7 Å². The van der Waals surface area contributed by atoms with Crippen molar-refractivity contribution in [2.24, 2.45) is 0 Å². The fourth-order valence-electron chi connectivity index (χ4n) is 1.51. The molecule has 0 aliphatic rings. The van der Waals surface area contributed by atoms with Crippen molar-refractivity contribution < 1.29 is 9.47 Å². The lowest BCUT2D eigenvalue weighted by Gasteiger charge is -2.06. The number of rotatable bonds is 5. The van der Waals surface area contributed by atoms with Gasteiger partial charge in [0.1, 0.15) is 12.2 Å². The van der Waals surface area contributed by atoms with Crippen LogP contribution in [0.1, 0.15) is 0 Å². The summed E-state index contributed by atoms with van der Waals surface area (Å²) in [6.45, 7) is 1.39. The van der Waals surface area contributed by atoms with Crippen LogP contribution >= 0.6 is 23.2 Å². The Bertz CT molecular complexity index is 513. The van der Waals surface area contributed by atoms with E-state index in [4.69, 9.17) is 32.7 Å². The van der Waals surface area contributed by atoms with E-state index in [9.17, 15) is 0 Å². The van der Waals surface area contributed by atoms with Crippen LogP contribution in [0.15, 0.2) is 18.2 Å². The topological polar surface area (TPSA) is 36.3 Å². The van der Waals surface area contributed by atoms with E-state index in [2.05, 4.69) is 4.98 Å². The molecule has 0 fully saturated rings. The Morgan fingerprint density at radius 2 is 2.12 bits per heavy atom. The molecule has 6 heteroatoms. The van der Waals surface area contributed by atoms with Crippen LogP contribution in [-0.2, 0) is 16.2 Å². The van der Waals surface area contributed by atoms with E-state index in [0.29, 0.717) is 35.8 Å². The minimum absolute atomic E-state index is 0.332. The third-order valence-corrected chi connectivity index (χ3v) is 2.93. The highest BCUT2D eigenvalue weighted by Crippen LogP contribution is 2.25. The van der Waals surface area contributed by atoms with E-state index in [1.165, 1.54) is 0 Å². The van der Waals surface area contributed by atoms with Gasteiger partial charge in [-0.05, 0) is 23.7 Å². The number of para-hydroxylation sites is 1. The van der Waals surface area contributed by atoms with Crippen LogP contribution in [0.4, 0.5) is 0 Å². The first kappa shape index (κ1) is 12.6. The first-order valence-corrected chi connectivity index (χ1v) is 5.86. The summed E-state index contributed by atoms with van der Waals surface area (Å²) >= 11 is 12.1. The minimum Gasteiger partial charge on any atom is -0.382 e. The Kier molecular flexibility index (Phi) is 4.23. The molecule has 2 aromatic rings. The standard InChI is InChI=1S/C11H12Cl2N2O2/c1-16-5-6-17-7-15-9-4-2-3-8(12)10(9)14-11(15)13/h2-4H,5-7H2,1H3. The van der Waals surface area contributed by atoms with Crippen molar-refractivity contribution in [3.8, 4) is 0 Å². The zero-order valence-electron chi connectivity index (χ0n) is 9.32. The molecule has 92 valence electrons. The highest BCUT2D eigenvalue weighted by atomic mass is 35.5.